The Balaban J connectivity index is 3.79. The first-order chi connectivity index (χ1) is 6.47. The molecule has 82 valence electrons. The highest BCUT2D eigenvalue weighted by molar-refractivity contribution is 5.85. The van der Waals surface area contributed by atoms with Crippen LogP contribution in [0.1, 0.15) is 0 Å². The fourth-order valence-corrected chi connectivity index (χ4v) is 0.470. The van der Waals surface area contributed by atoms with Crippen molar-refractivity contribution in [1.82, 2.24) is 0 Å². The van der Waals surface area contributed by atoms with E-state index in [9.17, 15) is 4.79 Å². The van der Waals surface area contributed by atoms with Gasteiger partial charge in [-0.1, -0.05) is 0 Å². The van der Waals surface area contributed by atoms with Gasteiger partial charge in [-0.25, -0.2) is 4.79 Å². The van der Waals surface area contributed by atoms with Crippen LogP contribution in [0.2, 0.25) is 0 Å². The van der Waals surface area contributed by atoms with Crippen LogP contribution in [-0.2, 0) is 14.3 Å². The summed E-state index contributed by atoms with van der Waals surface area (Å²) >= 11 is 0. The monoisotopic (exact) mass is 208 g/mol. The average molecular weight is 208 g/mol. The smallest absolute Gasteiger partial charge is 0.377 e. The van der Waals surface area contributed by atoms with Gasteiger partial charge in [0.05, 0.1) is 6.61 Å². The van der Waals surface area contributed by atoms with Crippen LogP contribution in [0, 0.1) is 0 Å². The Kier molecular flexibility index (Phi) is 5.81. The number of aliphatic hydroxyl groups excluding tert-OH is 3. The van der Waals surface area contributed by atoms with Crippen molar-refractivity contribution in [3.63, 3.8) is 0 Å². The first kappa shape index (κ1) is 12.8. The van der Waals surface area contributed by atoms with Gasteiger partial charge in [0.25, 0.3) is 0 Å². The molecule has 14 heavy (non-hydrogen) atoms. The van der Waals surface area contributed by atoms with Gasteiger partial charge in [-0.05, 0) is 6.58 Å². The lowest BCUT2D eigenvalue weighted by Gasteiger charge is -2.11. The molecule has 4 N–H and O–H groups in total. The van der Waals surface area contributed by atoms with E-state index in [2.05, 4.69) is 16.1 Å². The van der Waals surface area contributed by atoms with Crippen molar-refractivity contribution in [3.05, 3.63) is 12.3 Å². The van der Waals surface area contributed by atoms with Gasteiger partial charge in [0.15, 0.2) is 5.76 Å². The molecule has 0 aromatic rings. The van der Waals surface area contributed by atoms with E-state index in [1.165, 1.54) is 0 Å². The zero-order chi connectivity index (χ0) is 11.1. The lowest BCUT2D eigenvalue weighted by Crippen LogP contribution is -2.23. The molecule has 0 aromatic carbocycles. The number of aliphatic hydroxyl groups is 4. The van der Waals surface area contributed by atoms with Gasteiger partial charge in [-0.15, -0.1) is 0 Å². The number of ether oxygens (including phenoxy) is 2. The zero-order valence-electron chi connectivity index (χ0n) is 7.29. The number of hydrogen-bond donors (Lipinski definition) is 4. The van der Waals surface area contributed by atoms with Crippen molar-refractivity contribution >= 4 is 5.97 Å². The molecule has 0 bridgehead atoms. The lowest BCUT2D eigenvalue weighted by molar-refractivity contribution is -0.229. The molecule has 0 fully saturated rings. The molecule has 7 nitrogen and oxygen atoms in total. The summed E-state index contributed by atoms with van der Waals surface area (Å²) in [5, 5.41) is 33.6. The molecule has 1 atom stereocenters. The second-order valence-electron chi connectivity index (χ2n) is 2.30. The van der Waals surface area contributed by atoms with Crippen LogP contribution in [0.3, 0.4) is 0 Å². The molecule has 0 heterocycles. The number of carbonyl (C=O) groups is 1. The largest absolute Gasteiger partial charge is 0.484 e. The topological polar surface area (TPSA) is 116 Å². The van der Waals surface area contributed by atoms with E-state index in [1.807, 2.05) is 0 Å². The fourth-order valence-electron chi connectivity index (χ4n) is 0.470. The first-order valence-corrected chi connectivity index (χ1v) is 3.65. The van der Waals surface area contributed by atoms with Gasteiger partial charge in [0.2, 0.25) is 0 Å². The summed E-state index contributed by atoms with van der Waals surface area (Å²) in [6.45, 7) is -0.00678. The Bertz CT molecular complexity index is 200. The summed E-state index contributed by atoms with van der Waals surface area (Å²) in [6, 6.07) is 0. The average Bonchev–Trinajstić information content (AvgIpc) is 2.12. The first-order valence-electron chi connectivity index (χ1n) is 3.65. The summed E-state index contributed by atoms with van der Waals surface area (Å²) in [4.78, 5) is 10.7. The summed E-state index contributed by atoms with van der Waals surface area (Å²) in [5.41, 5.74) is 0. The summed E-state index contributed by atoms with van der Waals surface area (Å²) in [5.74, 6) is -1.66. The molecule has 0 saturated heterocycles. The second-order valence-corrected chi connectivity index (χ2v) is 2.30. The molecule has 0 aromatic heterocycles. The van der Waals surface area contributed by atoms with E-state index >= 15 is 0 Å². The Morgan fingerprint density at radius 1 is 1.36 bits per heavy atom. The van der Waals surface area contributed by atoms with Gasteiger partial charge in [0.1, 0.15) is 12.7 Å². The molecule has 0 radical (unpaired) electrons. The van der Waals surface area contributed by atoms with Gasteiger partial charge in [0, 0.05) is 0 Å². The Morgan fingerprint density at radius 3 is 2.36 bits per heavy atom. The molecule has 0 aliphatic carbocycles. The van der Waals surface area contributed by atoms with E-state index in [0.717, 1.165) is 0 Å². The van der Waals surface area contributed by atoms with Gasteiger partial charge >= 0.3 is 12.4 Å². The quantitative estimate of drug-likeness (QED) is 0.167. The number of esters is 1. The standard InChI is InChI=1S/C7H12O7/c1-4(6(10)14-7(11)12)13-3-5(9)2-8/h5,7-9,11-12H,1-3H2. The third-order valence-corrected chi connectivity index (χ3v) is 1.10. The third-order valence-electron chi connectivity index (χ3n) is 1.10. The Morgan fingerprint density at radius 2 is 1.93 bits per heavy atom. The minimum Gasteiger partial charge on any atom is -0.484 e. The predicted molar refractivity (Wildman–Crippen MR) is 42.5 cm³/mol. The maximum Gasteiger partial charge on any atom is 0.377 e. The molecule has 0 rings (SSSR count). The van der Waals surface area contributed by atoms with E-state index in [4.69, 9.17) is 20.4 Å². The fraction of sp³-hybridized carbons (Fsp3) is 0.571. The molecule has 7 heteroatoms. The molecule has 0 spiro atoms. The zero-order valence-corrected chi connectivity index (χ0v) is 7.29. The minimum absolute atomic E-state index is 0.341. The summed E-state index contributed by atoms with van der Waals surface area (Å²) in [6.07, 6.45) is -1.14. The van der Waals surface area contributed by atoms with E-state index in [0.29, 0.717) is 0 Å². The third kappa shape index (κ3) is 5.49. The van der Waals surface area contributed by atoms with Gasteiger partial charge < -0.3 is 29.9 Å². The highest BCUT2D eigenvalue weighted by Crippen LogP contribution is 1.99. The summed E-state index contributed by atoms with van der Waals surface area (Å²) in [7, 11) is 0. The molecular weight excluding hydrogens is 196 g/mol. The van der Waals surface area contributed by atoms with E-state index < -0.39 is 30.9 Å². The highest BCUT2D eigenvalue weighted by atomic mass is 16.8. The van der Waals surface area contributed by atoms with Crippen LogP contribution in [0.25, 0.3) is 0 Å². The van der Waals surface area contributed by atoms with Crippen LogP contribution < -0.4 is 0 Å². The van der Waals surface area contributed by atoms with E-state index in [-0.39, 0.29) is 6.61 Å². The molecule has 0 aliphatic rings. The van der Waals surface area contributed by atoms with Crippen molar-refractivity contribution in [3.8, 4) is 0 Å². The molecular formula is C7H12O7. The van der Waals surface area contributed by atoms with Crippen LogP contribution in [0.5, 0.6) is 0 Å². The summed E-state index contributed by atoms with van der Waals surface area (Å²) < 4.78 is 8.44. The molecule has 0 aliphatic heterocycles. The van der Waals surface area contributed by atoms with Gasteiger partial charge in [-0.2, -0.15) is 0 Å². The van der Waals surface area contributed by atoms with E-state index in [1.54, 1.807) is 0 Å². The van der Waals surface area contributed by atoms with Gasteiger partial charge in [-0.3, -0.25) is 0 Å². The predicted octanol–water partition coefficient (Wildman–Crippen LogP) is -2.32. The van der Waals surface area contributed by atoms with Crippen LogP contribution in [0.15, 0.2) is 12.3 Å². The maximum absolute atomic E-state index is 10.7. The number of rotatable bonds is 6. The van der Waals surface area contributed by atoms with Crippen molar-refractivity contribution in [1.29, 1.82) is 0 Å². The van der Waals surface area contributed by atoms with Crippen molar-refractivity contribution < 1.29 is 34.7 Å². The molecule has 0 saturated carbocycles. The van der Waals surface area contributed by atoms with Crippen LogP contribution >= 0.6 is 0 Å². The minimum atomic E-state index is -2.24. The highest BCUT2D eigenvalue weighted by Gasteiger charge is 2.14. The SMILES string of the molecule is C=C(OCC(O)CO)C(=O)OC(O)O. The Labute approximate surface area is 79.8 Å². The second kappa shape index (κ2) is 6.33. The normalized spacial score (nSPS) is 12.4. The Hall–Kier alpha value is -1.15. The number of carbonyl (C=O) groups excluding carboxylic acids is 1. The van der Waals surface area contributed by atoms with Crippen molar-refractivity contribution in [2.45, 2.75) is 12.6 Å². The van der Waals surface area contributed by atoms with Crippen molar-refractivity contribution in [2.75, 3.05) is 13.2 Å². The number of hydrogen-bond acceptors (Lipinski definition) is 7. The lowest BCUT2D eigenvalue weighted by atomic mass is 10.4. The van der Waals surface area contributed by atoms with Crippen molar-refractivity contribution in [2.24, 2.45) is 0 Å². The van der Waals surface area contributed by atoms with Crippen LogP contribution in [-0.4, -0.2) is 52.2 Å². The molecule has 0 amide bonds. The molecule has 1 unspecified atom stereocenters. The van der Waals surface area contributed by atoms with Crippen LogP contribution in [0.4, 0.5) is 0 Å². The maximum atomic E-state index is 10.7.